The summed E-state index contributed by atoms with van der Waals surface area (Å²) in [5, 5.41) is 0. The molecule has 9 heteroatoms. The van der Waals surface area contributed by atoms with Gasteiger partial charge in [-0.2, -0.15) is 0 Å². The first-order chi connectivity index (χ1) is 14.0. The Morgan fingerprint density at radius 3 is 2.55 bits per heavy atom. The van der Waals surface area contributed by atoms with E-state index in [0.29, 0.717) is 36.4 Å². The Balaban J connectivity index is 1.49. The second-order valence-corrected chi connectivity index (χ2v) is 9.10. The van der Waals surface area contributed by atoms with Crippen LogP contribution < -0.4 is 19.1 Å². The second kappa shape index (κ2) is 8.54. The molecule has 1 saturated heterocycles. The molecular formula is C20H26N4O4S. The van der Waals surface area contributed by atoms with Crippen LogP contribution in [-0.4, -0.2) is 44.7 Å². The van der Waals surface area contributed by atoms with Gasteiger partial charge in [0, 0.05) is 31.3 Å². The minimum absolute atomic E-state index is 0.0982. The standard InChI is InChI=1S/C20H26N4O4S/c1-15-12-16(23-20(22-15)24-8-3-2-4-9-24)14-21-29(25,26)17-6-7-18-19(13-17)28-11-5-10-27-18/h6-7,12-13,21H,2-5,8-11,14H2,1H3. The number of rotatable bonds is 5. The highest BCUT2D eigenvalue weighted by Gasteiger charge is 2.20. The van der Waals surface area contributed by atoms with Crippen LogP contribution in [0.15, 0.2) is 29.2 Å². The molecule has 0 radical (unpaired) electrons. The van der Waals surface area contributed by atoms with Gasteiger partial charge in [-0.15, -0.1) is 0 Å². The van der Waals surface area contributed by atoms with Gasteiger partial charge in [0.2, 0.25) is 16.0 Å². The van der Waals surface area contributed by atoms with Crippen molar-refractivity contribution >= 4 is 16.0 Å². The SMILES string of the molecule is Cc1cc(CNS(=O)(=O)c2ccc3c(c2)OCCCO3)nc(N2CCCCC2)n1. The Hall–Kier alpha value is -2.39. The quantitative estimate of drug-likeness (QED) is 0.797. The molecule has 0 aliphatic carbocycles. The summed E-state index contributed by atoms with van der Waals surface area (Å²) >= 11 is 0. The molecule has 29 heavy (non-hydrogen) atoms. The van der Waals surface area contributed by atoms with E-state index in [-0.39, 0.29) is 11.4 Å². The summed E-state index contributed by atoms with van der Waals surface area (Å²) in [5.41, 5.74) is 1.47. The van der Waals surface area contributed by atoms with E-state index < -0.39 is 10.0 Å². The van der Waals surface area contributed by atoms with Crippen molar-refractivity contribution in [3.8, 4) is 11.5 Å². The largest absolute Gasteiger partial charge is 0.490 e. The molecule has 8 nitrogen and oxygen atoms in total. The number of hydrogen-bond donors (Lipinski definition) is 1. The van der Waals surface area contributed by atoms with Crippen LogP contribution in [0, 0.1) is 6.92 Å². The van der Waals surface area contributed by atoms with Crippen molar-refractivity contribution in [2.75, 3.05) is 31.2 Å². The van der Waals surface area contributed by atoms with Crippen LogP contribution in [0.2, 0.25) is 0 Å². The summed E-state index contributed by atoms with van der Waals surface area (Å²) in [7, 11) is -3.71. The third-order valence-electron chi connectivity index (χ3n) is 5.01. The molecule has 0 amide bonds. The van der Waals surface area contributed by atoms with E-state index >= 15 is 0 Å². The summed E-state index contributed by atoms with van der Waals surface area (Å²) in [5.74, 6) is 1.70. The Bertz CT molecular complexity index is 974. The molecule has 1 aromatic carbocycles. The zero-order valence-corrected chi connectivity index (χ0v) is 17.4. The predicted octanol–water partition coefficient (Wildman–Crippen LogP) is 2.42. The molecule has 2 aliphatic heterocycles. The maximum absolute atomic E-state index is 12.8. The number of benzene rings is 1. The highest BCUT2D eigenvalue weighted by molar-refractivity contribution is 7.89. The number of hydrogen-bond acceptors (Lipinski definition) is 7. The first-order valence-corrected chi connectivity index (χ1v) is 11.5. The van der Waals surface area contributed by atoms with Crippen molar-refractivity contribution in [1.29, 1.82) is 0 Å². The molecule has 0 atom stereocenters. The van der Waals surface area contributed by atoms with E-state index in [0.717, 1.165) is 38.0 Å². The van der Waals surface area contributed by atoms with Crippen molar-refractivity contribution in [2.24, 2.45) is 0 Å². The van der Waals surface area contributed by atoms with Crippen LogP contribution in [-0.2, 0) is 16.6 Å². The fourth-order valence-electron chi connectivity index (χ4n) is 3.51. The van der Waals surface area contributed by atoms with Gasteiger partial charge < -0.3 is 14.4 Å². The number of nitrogens with zero attached hydrogens (tertiary/aromatic N) is 3. The van der Waals surface area contributed by atoms with Gasteiger partial charge in [-0.25, -0.2) is 23.1 Å². The van der Waals surface area contributed by atoms with Crippen molar-refractivity contribution in [3.63, 3.8) is 0 Å². The highest BCUT2D eigenvalue weighted by atomic mass is 32.2. The lowest BCUT2D eigenvalue weighted by molar-refractivity contribution is 0.297. The molecule has 1 fully saturated rings. The number of nitrogens with one attached hydrogen (secondary N) is 1. The number of piperidine rings is 1. The molecular weight excluding hydrogens is 392 g/mol. The van der Waals surface area contributed by atoms with Crippen LogP contribution in [0.4, 0.5) is 5.95 Å². The Kier molecular flexibility index (Phi) is 5.86. The van der Waals surface area contributed by atoms with Crippen molar-refractivity contribution < 1.29 is 17.9 Å². The van der Waals surface area contributed by atoms with Crippen LogP contribution in [0.1, 0.15) is 37.1 Å². The molecule has 0 saturated carbocycles. The lowest BCUT2D eigenvalue weighted by atomic mass is 10.1. The molecule has 3 heterocycles. The van der Waals surface area contributed by atoms with Gasteiger partial charge in [-0.3, -0.25) is 0 Å². The maximum Gasteiger partial charge on any atom is 0.241 e. The fraction of sp³-hybridized carbons (Fsp3) is 0.500. The van der Waals surface area contributed by atoms with Crippen LogP contribution in [0.5, 0.6) is 11.5 Å². The Morgan fingerprint density at radius 1 is 1.00 bits per heavy atom. The number of sulfonamides is 1. The van der Waals surface area contributed by atoms with Gasteiger partial charge in [0.05, 0.1) is 30.3 Å². The minimum Gasteiger partial charge on any atom is -0.490 e. The average molecular weight is 419 g/mol. The zero-order valence-electron chi connectivity index (χ0n) is 16.6. The molecule has 1 N–H and O–H groups in total. The van der Waals surface area contributed by atoms with Gasteiger partial charge in [0.25, 0.3) is 0 Å². The first-order valence-electron chi connectivity index (χ1n) is 10.0. The van der Waals surface area contributed by atoms with Gasteiger partial charge >= 0.3 is 0 Å². The second-order valence-electron chi connectivity index (χ2n) is 7.33. The summed E-state index contributed by atoms with van der Waals surface area (Å²) in [4.78, 5) is 11.4. The Morgan fingerprint density at radius 2 is 1.76 bits per heavy atom. The third-order valence-corrected chi connectivity index (χ3v) is 6.41. The fourth-order valence-corrected chi connectivity index (χ4v) is 4.52. The van der Waals surface area contributed by atoms with E-state index in [1.165, 1.54) is 18.6 Å². The van der Waals surface area contributed by atoms with Gasteiger partial charge in [0.1, 0.15) is 0 Å². The molecule has 2 aliphatic rings. The lowest BCUT2D eigenvalue weighted by Crippen LogP contribution is -2.32. The van der Waals surface area contributed by atoms with Crippen molar-refractivity contribution in [3.05, 3.63) is 35.7 Å². The monoisotopic (exact) mass is 418 g/mol. The zero-order chi connectivity index (χ0) is 20.3. The predicted molar refractivity (Wildman–Crippen MR) is 109 cm³/mol. The maximum atomic E-state index is 12.8. The summed E-state index contributed by atoms with van der Waals surface area (Å²) < 4.78 is 39.4. The molecule has 0 unspecified atom stereocenters. The van der Waals surface area contributed by atoms with Crippen molar-refractivity contribution in [1.82, 2.24) is 14.7 Å². The Labute approximate surface area is 171 Å². The minimum atomic E-state index is -3.71. The third kappa shape index (κ3) is 4.79. The van der Waals surface area contributed by atoms with Crippen LogP contribution in [0.25, 0.3) is 0 Å². The molecule has 0 spiro atoms. The smallest absolute Gasteiger partial charge is 0.241 e. The molecule has 2 aromatic rings. The lowest BCUT2D eigenvalue weighted by Gasteiger charge is -2.27. The van der Waals surface area contributed by atoms with Gasteiger partial charge in [-0.05, 0) is 44.4 Å². The van der Waals surface area contributed by atoms with Gasteiger partial charge in [0.15, 0.2) is 11.5 Å². The first kappa shape index (κ1) is 19.9. The van der Waals surface area contributed by atoms with Crippen LogP contribution in [0.3, 0.4) is 0 Å². The number of aromatic nitrogens is 2. The molecule has 0 bridgehead atoms. The van der Waals surface area contributed by atoms with Crippen molar-refractivity contribution in [2.45, 2.75) is 44.0 Å². The van der Waals surface area contributed by atoms with Gasteiger partial charge in [-0.1, -0.05) is 0 Å². The normalized spacial score (nSPS) is 17.1. The van der Waals surface area contributed by atoms with E-state index in [2.05, 4.69) is 19.6 Å². The molecule has 4 rings (SSSR count). The van der Waals surface area contributed by atoms with E-state index in [9.17, 15) is 8.42 Å². The van der Waals surface area contributed by atoms with Crippen LogP contribution >= 0.6 is 0 Å². The van der Waals surface area contributed by atoms with E-state index in [1.807, 2.05) is 13.0 Å². The topological polar surface area (TPSA) is 93.7 Å². The number of fused-ring (bicyclic) bond motifs is 1. The number of ether oxygens (including phenoxy) is 2. The number of aryl methyl sites for hydroxylation is 1. The summed E-state index contributed by atoms with van der Waals surface area (Å²) in [6.07, 6.45) is 4.25. The molecule has 1 aromatic heterocycles. The summed E-state index contributed by atoms with van der Waals surface area (Å²) in [6.45, 7) is 4.93. The van der Waals surface area contributed by atoms with E-state index in [4.69, 9.17) is 9.47 Å². The highest BCUT2D eigenvalue weighted by Crippen LogP contribution is 2.31. The average Bonchev–Trinajstić information content (AvgIpc) is 2.97. The summed E-state index contributed by atoms with van der Waals surface area (Å²) in [6, 6.07) is 6.48. The molecule has 156 valence electrons. The number of anilines is 1. The van der Waals surface area contributed by atoms with E-state index in [1.54, 1.807) is 6.07 Å².